The predicted molar refractivity (Wildman–Crippen MR) is 65.3 cm³/mol. The van der Waals surface area contributed by atoms with E-state index >= 15 is 0 Å². The summed E-state index contributed by atoms with van der Waals surface area (Å²) in [7, 11) is 2.14. The molecule has 2 aromatic rings. The largest absolute Gasteiger partial charge is 0.296 e. The maximum absolute atomic E-state index is 4.61. The highest BCUT2D eigenvalue weighted by molar-refractivity contribution is 9.10. The van der Waals surface area contributed by atoms with Crippen LogP contribution in [0.4, 0.5) is 0 Å². The molecule has 0 aliphatic carbocycles. The van der Waals surface area contributed by atoms with Gasteiger partial charge in [0.2, 0.25) is 0 Å². The zero-order valence-electron chi connectivity index (χ0n) is 9.10. The fourth-order valence-corrected chi connectivity index (χ4v) is 2.69. The van der Waals surface area contributed by atoms with Gasteiger partial charge in [-0.2, -0.15) is 0 Å². The number of nitrogens with zero attached hydrogens (tertiary/aromatic N) is 4. The highest BCUT2D eigenvalue weighted by atomic mass is 79.9. The van der Waals surface area contributed by atoms with Crippen LogP contribution < -0.4 is 0 Å². The SMILES string of the molecule is CN1CCCC1c1nc2c(Br)cccn2n1. The molecule has 3 heterocycles. The van der Waals surface area contributed by atoms with Crippen LogP contribution in [0.2, 0.25) is 0 Å². The van der Waals surface area contributed by atoms with E-state index in [9.17, 15) is 0 Å². The molecular formula is C11H13BrN4. The molecular weight excluding hydrogens is 268 g/mol. The molecule has 1 saturated heterocycles. The van der Waals surface area contributed by atoms with E-state index in [4.69, 9.17) is 0 Å². The van der Waals surface area contributed by atoms with Gasteiger partial charge in [-0.05, 0) is 54.5 Å². The minimum absolute atomic E-state index is 0.381. The highest BCUT2D eigenvalue weighted by Gasteiger charge is 2.26. The molecule has 1 fully saturated rings. The van der Waals surface area contributed by atoms with E-state index in [1.54, 1.807) is 0 Å². The molecule has 0 bridgehead atoms. The summed E-state index contributed by atoms with van der Waals surface area (Å²) in [6.45, 7) is 1.14. The third kappa shape index (κ3) is 1.55. The number of rotatable bonds is 1. The zero-order chi connectivity index (χ0) is 11.1. The monoisotopic (exact) mass is 280 g/mol. The second kappa shape index (κ2) is 3.82. The van der Waals surface area contributed by atoms with Gasteiger partial charge in [0.25, 0.3) is 0 Å². The molecule has 16 heavy (non-hydrogen) atoms. The first kappa shape index (κ1) is 10.2. The van der Waals surface area contributed by atoms with Gasteiger partial charge in [0.05, 0.1) is 10.5 Å². The van der Waals surface area contributed by atoms with Crippen LogP contribution >= 0.6 is 15.9 Å². The topological polar surface area (TPSA) is 33.4 Å². The van der Waals surface area contributed by atoms with Crippen molar-refractivity contribution in [3.8, 4) is 0 Å². The summed E-state index contributed by atoms with van der Waals surface area (Å²) >= 11 is 3.50. The number of fused-ring (bicyclic) bond motifs is 1. The van der Waals surface area contributed by atoms with Gasteiger partial charge in [-0.3, -0.25) is 4.90 Å². The lowest BCUT2D eigenvalue weighted by Crippen LogP contribution is -2.18. The van der Waals surface area contributed by atoms with E-state index in [0.29, 0.717) is 6.04 Å². The zero-order valence-corrected chi connectivity index (χ0v) is 10.7. The average molecular weight is 281 g/mol. The Labute approximate surface area is 102 Å². The number of halogens is 1. The van der Waals surface area contributed by atoms with E-state index in [1.807, 2.05) is 22.8 Å². The minimum Gasteiger partial charge on any atom is -0.296 e. The predicted octanol–water partition coefficient (Wildman–Crippen LogP) is 2.26. The van der Waals surface area contributed by atoms with Gasteiger partial charge in [-0.1, -0.05) is 0 Å². The summed E-state index contributed by atoms with van der Waals surface area (Å²) < 4.78 is 2.83. The molecule has 3 rings (SSSR count). The van der Waals surface area contributed by atoms with E-state index in [2.05, 4.69) is 38.0 Å². The molecule has 0 aromatic carbocycles. The van der Waals surface area contributed by atoms with Crippen LogP contribution in [-0.4, -0.2) is 33.1 Å². The molecule has 0 spiro atoms. The van der Waals surface area contributed by atoms with Gasteiger partial charge in [0, 0.05) is 6.20 Å². The highest BCUT2D eigenvalue weighted by Crippen LogP contribution is 2.29. The van der Waals surface area contributed by atoms with Crippen molar-refractivity contribution in [2.45, 2.75) is 18.9 Å². The molecule has 2 aromatic heterocycles. The molecule has 84 valence electrons. The fourth-order valence-electron chi connectivity index (χ4n) is 2.27. The number of aromatic nitrogens is 3. The summed E-state index contributed by atoms with van der Waals surface area (Å²) in [6.07, 6.45) is 4.33. The van der Waals surface area contributed by atoms with Crippen LogP contribution in [0.5, 0.6) is 0 Å². The summed E-state index contributed by atoms with van der Waals surface area (Å²) in [5, 5.41) is 4.54. The first-order valence-corrected chi connectivity index (χ1v) is 6.26. The minimum atomic E-state index is 0.381. The van der Waals surface area contributed by atoms with Crippen LogP contribution in [0.15, 0.2) is 22.8 Å². The van der Waals surface area contributed by atoms with Crippen molar-refractivity contribution in [2.75, 3.05) is 13.6 Å². The molecule has 0 amide bonds. The van der Waals surface area contributed by atoms with Crippen LogP contribution in [0.3, 0.4) is 0 Å². The summed E-state index contributed by atoms with van der Waals surface area (Å²) in [5.41, 5.74) is 0.901. The van der Waals surface area contributed by atoms with Gasteiger partial charge in [0.1, 0.15) is 0 Å². The Bertz CT molecular complexity index is 522. The van der Waals surface area contributed by atoms with Gasteiger partial charge in [-0.25, -0.2) is 9.50 Å². The smallest absolute Gasteiger partial charge is 0.169 e. The molecule has 1 aliphatic heterocycles. The van der Waals surface area contributed by atoms with Gasteiger partial charge < -0.3 is 0 Å². The lowest BCUT2D eigenvalue weighted by molar-refractivity contribution is 0.306. The summed E-state index contributed by atoms with van der Waals surface area (Å²) in [6, 6.07) is 4.34. The van der Waals surface area contributed by atoms with Crippen molar-refractivity contribution in [3.63, 3.8) is 0 Å². The molecule has 0 N–H and O–H groups in total. The van der Waals surface area contributed by atoms with Crippen molar-refractivity contribution in [1.29, 1.82) is 0 Å². The Morgan fingerprint density at radius 1 is 1.50 bits per heavy atom. The number of hydrogen-bond donors (Lipinski definition) is 0. The number of pyridine rings is 1. The average Bonchev–Trinajstić information content (AvgIpc) is 2.84. The van der Waals surface area contributed by atoms with Crippen LogP contribution in [0.25, 0.3) is 5.65 Å². The normalized spacial score (nSPS) is 22.0. The third-order valence-electron chi connectivity index (χ3n) is 3.15. The molecule has 1 aliphatic rings. The van der Waals surface area contributed by atoms with Gasteiger partial charge >= 0.3 is 0 Å². The van der Waals surface area contributed by atoms with E-state index in [0.717, 1.165) is 28.9 Å². The Morgan fingerprint density at radius 3 is 3.06 bits per heavy atom. The van der Waals surface area contributed by atoms with E-state index in [1.165, 1.54) is 6.42 Å². The van der Waals surface area contributed by atoms with Crippen molar-refractivity contribution < 1.29 is 0 Å². The second-order valence-electron chi connectivity index (χ2n) is 4.23. The van der Waals surface area contributed by atoms with Crippen molar-refractivity contribution in [3.05, 3.63) is 28.6 Å². The lowest BCUT2D eigenvalue weighted by Gasteiger charge is -2.15. The van der Waals surface area contributed by atoms with Gasteiger partial charge in [-0.15, -0.1) is 5.10 Å². The van der Waals surface area contributed by atoms with Crippen LogP contribution in [0.1, 0.15) is 24.7 Å². The van der Waals surface area contributed by atoms with Crippen LogP contribution in [0, 0.1) is 0 Å². The maximum atomic E-state index is 4.61. The number of likely N-dealkylation sites (tertiary alicyclic amines) is 1. The Hall–Kier alpha value is -0.940. The Morgan fingerprint density at radius 2 is 2.38 bits per heavy atom. The maximum Gasteiger partial charge on any atom is 0.169 e. The van der Waals surface area contributed by atoms with Crippen molar-refractivity contribution in [1.82, 2.24) is 19.5 Å². The fraction of sp³-hybridized carbons (Fsp3) is 0.455. The van der Waals surface area contributed by atoms with Crippen LogP contribution in [-0.2, 0) is 0 Å². The summed E-state index contributed by atoms with van der Waals surface area (Å²) in [5.74, 6) is 0.937. The first-order valence-electron chi connectivity index (χ1n) is 5.47. The second-order valence-corrected chi connectivity index (χ2v) is 5.09. The molecule has 0 radical (unpaired) electrons. The third-order valence-corrected chi connectivity index (χ3v) is 3.77. The van der Waals surface area contributed by atoms with E-state index < -0.39 is 0 Å². The van der Waals surface area contributed by atoms with Crippen molar-refractivity contribution >= 4 is 21.6 Å². The molecule has 1 unspecified atom stereocenters. The van der Waals surface area contributed by atoms with Gasteiger partial charge in [0.15, 0.2) is 11.5 Å². The quantitative estimate of drug-likeness (QED) is 0.804. The molecule has 5 heteroatoms. The Kier molecular flexibility index (Phi) is 2.44. The lowest BCUT2D eigenvalue weighted by atomic mass is 10.2. The Balaban J connectivity index is 2.08. The molecule has 4 nitrogen and oxygen atoms in total. The molecule has 0 saturated carbocycles. The first-order chi connectivity index (χ1) is 7.75. The van der Waals surface area contributed by atoms with Crippen molar-refractivity contribution in [2.24, 2.45) is 0 Å². The number of hydrogen-bond acceptors (Lipinski definition) is 3. The standard InChI is InChI=1S/C11H13BrN4/c1-15-6-3-5-9(15)10-13-11-8(12)4-2-7-16(11)14-10/h2,4,7,9H,3,5-6H2,1H3. The summed E-state index contributed by atoms with van der Waals surface area (Å²) in [4.78, 5) is 6.93. The molecule has 1 atom stereocenters. The van der Waals surface area contributed by atoms with E-state index in [-0.39, 0.29) is 0 Å².